The van der Waals surface area contributed by atoms with Crippen LogP contribution in [0.4, 0.5) is 5.82 Å². The molecule has 23 heavy (non-hydrogen) atoms. The lowest BCUT2D eigenvalue weighted by molar-refractivity contribution is 0.315. The molecule has 114 valence electrons. The van der Waals surface area contributed by atoms with Crippen LogP contribution in [0.3, 0.4) is 0 Å². The van der Waals surface area contributed by atoms with Crippen LogP contribution >= 0.6 is 0 Å². The number of rotatable bonds is 3. The van der Waals surface area contributed by atoms with Gasteiger partial charge in [0, 0.05) is 11.3 Å². The zero-order chi connectivity index (χ0) is 15.8. The van der Waals surface area contributed by atoms with Gasteiger partial charge in [0.25, 0.3) is 0 Å². The summed E-state index contributed by atoms with van der Waals surface area (Å²) in [5.74, 6) is 0.610. The molecule has 3 aromatic rings. The van der Waals surface area contributed by atoms with Crippen LogP contribution in [0.1, 0.15) is 36.8 Å². The van der Waals surface area contributed by atoms with Crippen molar-refractivity contribution in [2.75, 3.05) is 5.32 Å². The molecule has 3 heterocycles. The molecular formula is C16H14N6O. The molecule has 0 saturated heterocycles. The van der Waals surface area contributed by atoms with Gasteiger partial charge in [-0.1, -0.05) is 25.5 Å². The van der Waals surface area contributed by atoms with Gasteiger partial charge in [0.05, 0.1) is 18.7 Å². The maximum atomic E-state index is 7.69. The molecule has 1 aliphatic rings. The highest BCUT2D eigenvalue weighted by Gasteiger charge is 2.33. The van der Waals surface area contributed by atoms with E-state index in [0.29, 0.717) is 16.7 Å². The van der Waals surface area contributed by atoms with Gasteiger partial charge in [-0.3, -0.25) is 5.10 Å². The Kier molecular flexibility index (Phi) is 3.08. The van der Waals surface area contributed by atoms with Crippen molar-refractivity contribution >= 4 is 16.9 Å². The van der Waals surface area contributed by atoms with E-state index in [-0.39, 0.29) is 5.92 Å². The zero-order valence-corrected chi connectivity index (χ0v) is 12.5. The standard InChI is InChI=1S/C16H14N6O/c1-3-5-11-15(17-2)13(10-8-18-20-16(10)19-11)9-6-4-7-12-14(9)22-23-21-12/h4,6-8,13H,3,5H2,1H3,(H2,18,19,20). The fourth-order valence-electron chi connectivity index (χ4n) is 3.10. The van der Waals surface area contributed by atoms with Crippen LogP contribution in [0.2, 0.25) is 0 Å². The average molecular weight is 306 g/mol. The number of allylic oxidation sites excluding steroid dienone is 2. The topological polar surface area (TPSA) is 84.0 Å². The normalized spacial score (nSPS) is 17.0. The maximum absolute atomic E-state index is 7.69. The Morgan fingerprint density at radius 1 is 1.30 bits per heavy atom. The van der Waals surface area contributed by atoms with Crippen LogP contribution in [-0.4, -0.2) is 20.5 Å². The number of aromatic nitrogens is 4. The monoisotopic (exact) mass is 306 g/mol. The summed E-state index contributed by atoms with van der Waals surface area (Å²) in [6.07, 6.45) is 3.51. The predicted octanol–water partition coefficient (Wildman–Crippen LogP) is 3.43. The lowest BCUT2D eigenvalue weighted by Crippen LogP contribution is -2.17. The van der Waals surface area contributed by atoms with E-state index in [9.17, 15) is 0 Å². The van der Waals surface area contributed by atoms with E-state index in [1.54, 1.807) is 6.20 Å². The van der Waals surface area contributed by atoms with Gasteiger partial charge in [-0.15, -0.1) is 0 Å². The van der Waals surface area contributed by atoms with Crippen LogP contribution in [0.5, 0.6) is 0 Å². The second-order valence-corrected chi connectivity index (χ2v) is 5.46. The molecule has 0 saturated carbocycles. The number of nitrogens with zero attached hydrogens (tertiary/aromatic N) is 4. The molecule has 7 heteroatoms. The number of H-pyrrole nitrogens is 1. The summed E-state index contributed by atoms with van der Waals surface area (Å²) < 4.78 is 4.88. The fraction of sp³-hybridized carbons (Fsp3) is 0.250. The van der Waals surface area contributed by atoms with Crippen LogP contribution < -0.4 is 5.32 Å². The molecular weight excluding hydrogens is 292 g/mol. The van der Waals surface area contributed by atoms with Crippen molar-refractivity contribution in [3.63, 3.8) is 0 Å². The number of hydrogen-bond donors (Lipinski definition) is 2. The van der Waals surface area contributed by atoms with Crippen molar-refractivity contribution in [2.24, 2.45) is 0 Å². The van der Waals surface area contributed by atoms with Gasteiger partial charge in [0.15, 0.2) is 5.70 Å². The highest BCUT2D eigenvalue weighted by Crippen LogP contribution is 2.43. The zero-order valence-electron chi connectivity index (χ0n) is 12.5. The molecule has 0 aliphatic carbocycles. The van der Waals surface area contributed by atoms with Gasteiger partial charge >= 0.3 is 0 Å². The molecule has 0 bridgehead atoms. The van der Waals surface area contributed by atoms with E-state index in [1.807, 2.05) is 18.2 Å². The van der Waals surface area contributed by atoms with Crippen molar-refractivity contribution in [3.8, 4) is 0 Å². The highest BCUT2D eigenvalue weighted by atomic mass is 16.6. The first-order valence-corrected chi connectivity index (χ1v) is 7.45. The van der Waals surface area contributed by atoms with E-state index in [1.165, 1.54) is 0 Å². The highest BCUT2D eigenvalue weighted by molar-refractivity contribution is 5.80. The predicted molar refractivity (Wildman–Crippen MR) is 84.4 cm³/mol. The number of aromatic amines is 1. The van der Waals surface area contributed by atoms with Crippen LogP contribution in [-0.2, 0) is 0 Å². The first kappa shape index (κ1) is 13.5. The number of benzene rings is 1. The Balaban J connectivity index is 1.98. The summed E-state index contributed by atoms with van der Waals surface area (Å²) in [4.78, 5) is 3.82. The van der Waals surface area contributed by atoms with Crippen molar-refractivity contribution in [2.45, 2.75) is 25.7 Å². The van der Waals surface area contributed by atoms with Crippen LogP contribution in [0, 0.1) is 6.57 Å². The SMILES string of the molecule is [C-]#[N+]C1=C(CCC)Nc2[nH]ncc2C1c1cccc2nonc12. The lowest BCUT2D eigenvalue weighted by Gasteiger charge is -2.26. The first-order valence-electron chi connectivity index (χ1n) is 7.45. The van der Waals surface area contributed by atoms with E-state index in [2.05, 4.69) is 37.6 Å². The minimum absolute atomic E-state index is 0.223. The van der Waals surface area contributed by atoms with Crippen molar-refractivity contribution < 1.29 is 4.63 Å². The molecule has 1 aliphatic heterocycles. The molecule has 4 rings (SSSR count). The minimum Gasteiger partial charge on any atom is -0.354 e. The van der Waals surface area contributed by atoms with Crippen LogP contribution in [0.15, 0.2) is 40.4 Å². The Labute approximate surface area is 132 Å². The van der Waals surface area contributed by atoms with E-state index < -0.39 is 0 Å². The molecule has 2 N–H and O–H groups in total. The molecule has 0 fully saturated rings. The summed E-state index contributed by atoms with van der Waals surface area (Å²) in [5, 5.41) is 18.4. The minimum atomic E-state index is -0.223. The molecule has 1 atom stereocenters. The largest absolute Gasteiger partial charge is 0.354 e. The third kappa shape index (κ3) is 1.99. The fourth-order valence-corrected chi connectivity index (χ4v) is 3.10. The second kappa shape index (κ2) is 5.25. The number of hydrogen-bond acceptors (Lipinski definition) is 5. The summed E-state index contributed by atoms with van der Waals surface area (Å²) in [6.45, 7) is 9.78. The van der Waals surface area contributed by atoms with Crippen molar-refractivity contribution in [1.82, 2.24) is 20.5 Å². The van der Waals surface area contributed by atoms with Gasteiger partial charge < -0.3 is 5.32 Å². The van der Waals surface area contributed by atoms with Crippen molar-refractivity contribution in [1.29, 1.82) is 0 Å². The smallest absolute Gasteiger partial charge is 0.196 e. The summed E-state index contributed by atoms with van der Waals surface area (Å²) in [5.41, 5.74) is 4.82. The molecule has 2 aromatic heterocycles. The van der Waals surface area contributed by atoms with Gasteiger partial charge in [-0.25, -0.2) is 9.47 Å². The maximum Gasteiger partial charge on any atom is 0.196 e. The molecule has 0 amide bonds. The van der Waals surface area contributed by atoms with Crippen LogP contribution in [0.25, 0.3) is 15.9 Å². The molecule has 7 nitrogen and oxygen atoms in total. The number of fused-ring (bicyclic) bond motifs is 2. The Hall–Kier alpha value is -3.14. The Morgan fingerprint density at radius 2 is 2.22 bits per heavy atom. The van der Waals surface area contributed by atoms with Gasteiger partial charge in [0.1, 0.15) is 16.9 Å². The third-order valence-corrected chi connectivity index (χ3v) is 4.09. The van der Waals surface area contributed by atoms with E-state index in [0.717, 1.165) is 35.5 Å². The molecule has 1 aromatic carbocycles. The van der Waals surface area contributed by atoms with E-state index in [4.69, 9.17) is 11.2 Å². The summed E-state index contributed by atoms with van der Waals surface area (Å²) in [6, 6.07) is 5.72. The molecule has 1 unspecified atom stereocenters. The van der Waals surface area contributed by atoms with E-state index >= 15 is 0 Å². The van der Waals surface area contributed by atoms with Gasteiger partial charge in [0.2, 0.25) is 0 Å². The average Bonchev–Trinajstić information content (AvgIpc) is 3.22. The summed E-state index contributed by atoms with van der Waals surface area (Å²) >= 11 is 0. The lowest BCUT2D eigenvalue weighted by atomic mass is 9.85. The summed E-state index contributed by atoms with van der Waals surface area (Å²) in [7, 11) is 0. The first-order chi connectivity index (χ1) is 11.3. The van der Waals surface area contributed by atoms with Crippen molar-refractivity contribution in [3.05, 3.63) is 58.3 Å². The Morgan fingerprint density at radius 3 is 3.04 bits per heavy atom. The van der Waals surface area contributed by atoms with Gasteiger partial charge in [-0.05, 0) is 28.4 Å². The van der Waals surface area contributed by atoms with Gasteiger partial charge in [-0.2, -0.15) is 5.10 Å². The number of anilines is 1. The molecule has 0 radical (unpaired) electrons. The molecule has 0 spiro atoms. The third-order valence-electron chi connectivity index (χ3n) is 4.09. The Bertz CT molecular complexity index is 945. The number of nitrogens with one attached hydrogen (secondary N) is 2. The quantitative estimate of drug-likeness (QED) is 0.724. The second-order valence-electron chi connectivity index (χ2n) is 5.46.